The predicted molar refractivity (Wildman–Crippen MR) is 74.0 cm³/mol. The number of ether oxygens (including phenoxy) is 2. The number of carbonyl (C=O) groups excluding carboxylic acids is 1. The van der Waals surface area contributed by atoms with Crippen LogP contribution in [0, 0.1) is 11.3 Å². The van der Waals surface area contributed by atoms with Crippen molar-refractivity contribution in [3.05, 3.63) is 59.7 Å². The van der Waals surface area contributed by atoms with Crippen LogP contribution in [-0.2, 0) is 0 Å². The average Bonchev–Trinajstić information content (AvgIpc) is 2.53. The number of rotatable bonds is 5. The third-order valence-electron chi connectivity index (χ3n) is 2.77. The number of hydrogen-bond donors (Lipinski definition) is 0. The summed E-state index contributed by atoms with van der Waals surface area (Å²) in [6.07, 6.45) is 0. The van der Waals surface area contributed by atoms with Gasteiger partial charge in [0.2, 0.25) is 0 Å². The second-order valence-electron chi connectivity index (χ2n) is 4.03. The maximum Gasteiger partial charge on any atom is 0.193 e. The highest BCUT2D eigenvalue weighted by Crippen LogP contribution is 2.17. The van der Waals surface area contributed by atoms with Crippen LogP contribution in [-0.4, -0.2) is 19.5 Å². The molecular formula is C16H13NO3. The number of hydrogen-bond acceptors (Lipinski definition) is 4. The zero-order valence-corrected chi connectivity index (χ0v) is 11.0. The van der Waals surface area contributed by atoms with Crippen molar-refractivity contribution in [1.29, 1.82) is 5.26 Å². The highest BCUT2D eigenvalue weighted by Gasteiger charge is 2.09. The average molecular weight is 267 g/mol. The third-order valence-corrected chi connectivity index (χ3v) is 2.77. The molecule has 0 bridgehead atoms. The van der Waals surface area contributed by atoms with E-state index in [1.54, 1.807) is 55.6 Å². The zero-order chi connectivity index (χ0) is 14.4. The van der Waals surface area contributed by atoms with Gasteiger partial charge in [-0.25, -0.2) is 0 Å². The minimum absolute atomic E-state index is 0.00816. The van der Waals surface area contributed by atoms with Gasteiger partial charge in [-0.1, -0.05) is 0 Å². The zero-order valence-electron chi connectivity index (χ0n) is 11.0. The predicted octanol–water partition coefficient (Wildman–Crippen LogP) is 2.83. The fourth-order valence-electron chi connectivity index (χ4n) is 1.73. The summed E-state index contributed by atoms with van der Waals surface area (Å²) in [5, 5.41) is 8.42. The molecule has 0 saturated carbocycles. The second kappa shape index (κ2) is 6.39. The molecule has 0 spiro atoms. The Bertz CT molecular complexity index is 624. The smallest absolute Gasteiger partial charge is 0.193 e. The molecule has 0 heterocycles. The maximum absolute atomic E-state index is 12.2. The molecule has 0 aromatic heterocycles. The van der Waals surface area contributed by atoms with E-state index in [9.17, 15) is 4.79 Å². The molecule has 2 aromatic carbocycles. The molecule has 0 radical (unpaired) electrons. The molecule has 0 aliphatic carbocycles. The van der Waals surface area contributed by atoms with Crippen LogP contribution in [0.5, 0.6) is 11.5 Å². The molecule has 0 saturated heterocycles. The highest BCUT2D eigenvalue weighted by molar-refractivity contribution is 6.09. The molecule has 2 rings (SSSR count). The maximum atomic E-state index is 12.2. The van der Waals surface area contributed by atoms with Crippen molar-refractivity contribution in [2.45, 2.75) is 0 Å². The topological polar surface area (TPSA) is 59.3 Å². The lowest BCUT2D eigenvalue weighted by atomic mass is 10.0. The van der Waals surface area contributed by atoms with Gasteiger partial charge in [0.15, 0.2) is 12.4 Å². The van der Waals surface area contributed by atoms with E-state index in [4.69, 9.17) is 14.7 Å². The second-order valence-corrected chi connectivity index (χ2v) is 4.03. The molecule has 0 atom stereocenters. The summed E-state index contributed by atoms with van der Waals surface area (Å²) in [7, 11) is 1.58. The van der Waals surface area contributed by atoms with Crippen LogP contribution in [0.25, 0.3) is 0 Å². The van der Waals surface area contributed by atoms with Gasteiger partial charge in [-0.15, -0.1) is 0 Å². The van der Waals surface area contributed by atoms with Crippen molar-refractivity contribution in [3.8, 4) is 17.6 Å². The van der Waals surface area contributed by atoms with Crippen LogP contribution in [0.1, 0.15) is 15.9 Å². The third kappa shape index (κ3) is 3.15. The Morgan fingerprint density at radius 2 is 1.50 bits per heavy atom. The molecule has 0 fully saturated rings. The van der Waals surface area contributed by atoms with E-state index in [1.165, 1.54) is 0 Å². The standard InChI is InChI=1S/C16H13NO3/c1-19-14-6-2-12(3-7-14)16(18)13-4-8-15(9-5-13)20-11-10-17/h2-9H,11H2,1H3. The van der Waals surface area contributed by atoms with Gasteiger partial charge in [-0.05, 0) is 48.5 Å². The number of nitrogens with zero attached hydrogens (tertiary/aromatic N) is 1. The van der Waals surface area contributed by atoms with Crippen LogP contribution in [0.15, 0.2) is 48.5 Å². The quantitative estimate of drug-likeness (QED) is 0.781. The molecule has 4 heteroatoms. The van der Waals surface area contributed by atoms with Gasteiger partial charge in [0.25, 0.3) is 0 Å². The fraction of sp³-hybridized carbons (Fsp3) is 0.125. The Labute approximate surface area is 117 Å². The molecule has 0 aliphatic rings. The van der Waals surface area contributed by atoms with E-state index in [0.717, 1.165) is 0 Å². The van der Waals surface area contributed by atoms with Gasteiger partial charge in [-0.2, -0.15) is 5.26 Å². The van der Waals surface area contributed by atoms with Crippen molar-refractivity contribution in [3.63, 3.8) is 0 Å². The first-order valence-electron chi connectivity index (χ1n) is 6.03. The van der Waals surface area contributed by atoms with Gasteiger partial charge in [0.1, 0.15) is 17.6 Å². The minimum Gasteiger partial charge on any atom is -0.497 e. The molecule has 20 heavy (non-hydrogen) atoms. The molecular weight excluding hydrogens is 254 g/mol. The number of benzene rings is 2. The lowest BCUT2D eigenvalue weighted by Crippen LogP contribution is -2.01. The van der Waals surface area contributed by atoms with Crippen molar-refractivity contribution >= 4 is 5.78 Å². The van der Waals surface area contributed by atoms with E-state index in [0.29, 0.717) is 22.6 Å². The Balaban J connectivity index is 2.14. The first-order valence-corrected chi connectivity index (χ1v) is 6.03. The number of ketones is 1. The van der Waals surface area contributed by atoms with Crippen molar-refractivity contribution in [2.24, 2.45) is 0 Å². The summed E-state index contributed by atoms with van der Waals surface area (Å²) in [6.45, 7) is -0.00816. The Morgan fingerprint density at radius 1 is 1.00 bits per heavy atom. The number of carbonyl (C=O) groups is 1. The lowest BCUT2D eigenvalue weighted by Gasteiger charge is -2.05. The molecule has 2 aromatic rings. The Hall–Kier alpha value is -2.80. The van der Waals surface area contributed by atoms with Gasteiger partial charge in [0.05, 0.1) is 7.11 Å². The van der Waals surface area contributed by atoms with E-state index in [2.05, 4.69) is 0 Å². The SMILES string of the molecule is COc1ccc(C(=O)c2ccc(OCC#N)cc2)cc1. The fourth-order valence-corrected chi connectivity index (χ4v) is 1.73. The van der Waals surface area contributed by atoms with Crippen LogP contribution >= 0.6 is 0 Å². The van der Waals surface area contributed by atoms with Crippen molar-refractivity contribution < 1.29 is 14.3 Å². The van der Waals surface area contributed by atoms with Crippen LogP contribution in [0.4, 0.5) is 0 Å². The monoisotopic (exact) mass is 267 g/mol. The molecule has 100 valence electrons. The first kappa shape index (κ1) is 13.6. The minimum atomic E-state index is -0.0699. The summed E-state index contributed by atoms with van der Waals surface area (Å²) in [4.78, 5) is 12.2. The summed E-state index contributed by atoms with van der Waals surface area (Å²) < 4.78 is 10.2. The Morgan fingerprint density at radius 3 is 1.95 bits per heavy atom. The van der Waals surface area contributed by atoms with Gasteiger partial charge in [0, 0.05) is 11.1 Å². The van der Waals surface area contributed by atoms with Crippen LogP contribution < -0.4 is 9.47 Å². The Kier molecular flexibility index (Phi) is 4.35. The van der Waals surface area contributed by atoms with E-state index < -0.39 is 0 Å². The molecule has 0 N–H and O–H groups in total. The molecule has 0 amide bonds. The van der Waals surface area contributed by atoms with Crippen molar-refractivity contribution in [1.82, 2.24) is 0 Å². The number of methoxy groups -OCH3 is 1. The van der Waals surface area contributed by atoms with E-state index >= 15 is 0 Å². The number of nitriles is 1. The van der Waals surface area contributed by atoms with Gasteiger partial charge < -0.3 is 9.47 Å². The van der Waals surface area contributed by atoms with Crippen molar-refractivity contribution in [2.75, 3.05) is 13.7 Å². The molecule has 0 unspecified atom stereocenters. The summed E-state index contributed by atoms with van der Waals surface area (Å²) in [5.41, 5.74) is 1.16. The summed E-state index contributed by atoms with van der Waals surface area (Å²) >= 11 is 0. The van der Waals surface area contributed by atoms with Crippen LogP contribution in [0.2, 0.25) is 0 Å². The van der Waals surface area contributed by atoms with Crippen LogP contribution in [0.3, 0.4) is 0 Å². The normalized spacial score (nSPS) is 9.60. The summed E-state index contributed by atoms with van der Waals surface area (Å²) in [5.74, 6) is 1.21. The first-order chi connectivity index (χ1) is 9.74. The summed E-state index contributed by atoms with van der Waals surface area (Å²) in [6, 6.07) is 15.5. The highest BCUT2D eigenvalue weighted by atomic mass is 16.5. The van der Waals surface area contributed by atoms with E-state index in [-0.39, 0.29) is 12.4 Å². The van der Waals surface area contributed by atoms with E-state index in [1.807, 2.05) is 6.07 Å². The molecule has 0 aliphatic heterocycles. The van der Waals surface area contributed by atoms with Gasteiger partial charge >= 0.3 is 0 Å². The molecule has 4 nitrogen and oxygen atoms in total. The largest absolute Gasteiger partial charge is 0.497 e. The van der Waals surface area contributed by atoms with Gasteiger partial charge in [-0.3, -0.25) is 4.79 Å². The lowest BCUT2D eigenvalue weighted by molar-refractivity contribution is 0.103.